The number of aryl methyl sites for hydroxylation is 2. The van der Waals surface area contributed by atoms with Crippen LogP contribution in [0.1, 0.15) is 35.0 Å². The maximum atomic E-state index is 12.6. The van der Waals surface area contributed by atoms with E-state index in [0.717, 1.165) is 10.5 Å². The predicted molar refractivity (Wildman–Crippen MR) is 115 cm³/mol. The lowest BCUT2D eigenvalue weighted by Gasteiger charge is -2.14. The smallest absolute Gasteiger partial charge is 0.255 e. The molecule has 1 aromatic heterocycles. The first-order chi connectivity index (χ1) is 13.9. The molecule has 29 heavy (non-hydrogen) atoms. The third kappa shape index (κ3) is 5.71. The van der Waals surface area contributed by atoms with Crippen molar-refractivity contribution in [1.82, 2.24) is 5.16 Å². The first-order valence-corrected chi connectivity index (χ1v) is 10.2. The van der Waals surface area contributed by atoms with Gasteiger partial charge in [-0.1, -0.05) is 35.8 Å². The second-order valence-electron chi connectivity index (χ2n) is 6.68. The number of thioether (sulfide) groups is 1. The number of carbonyl (C=O) groups is 2. The van der Waals surface area contributed by atoms with Crippen molar-refractivity contribution in [3.63, 3.8) is 0 Å². The molecule has 0 aliphatic rings. The number of carbonyl (C=O) groups excluding carboxylic acids is 2. The van der Waals surface area contributed by atoms with Crippen LogP contribution in [0.5, 0.6) is 0 Å². The van der Waals surface area contributed by atoms with E-state index in [1.165, 1.54) is 11.8 Å². The van der Waals surface area contributed by atoms with E-state index in [9.17, 15) is 9.59 Å². The number of rotatable bonds is 7. The molecule has 0 aliphatic carbocycles. The standard InChI is InChI=1S/C22H23N3O3S/c1-4-19(22(27)24-20-12-15(3)28-25-20)29-18-10-6-9-17(13-18)23-21(26)16-8-5-7-14(2)11-16/h5-13,19H,4H2,1-3H3,(H,23,26)(H,24,25,27). The van der Waals surface area contributed by atoms with E-state index in [4.69, 9.17) is 4.52 Å². The fourth-order valence-electron chi connectivity index (χ4n) is 2.76. The van der Waals surface area contributed by atoms with Crippen LogP contribution >= 0.6 is 11.8 Å². The van der Waals surface area contributed by atoms with E-state index < -0.39 is 0 Å². The lowest BCUT2D eigenvalue weighted by molar-refractivity contribution is -0.115. The molecule has 2 N–H and O–H groups in total. The molecule has 0 saturated heterocycles. The molecule has 2 amide bonds. The van der Waals surface area contributed by atoms with Crippen LogP contribution in [0.3, 0.4) is 0 Å². The molecule has 0 saturated carbocycles. The maximum Gasteiger partial charge on any atom is 0.255 e. The average molecular weight is 410 g/mol. The van der Waals surface area contributed by atoms with Gasteiger partial charge in [0.05, 0.1) is 5.25 Å². The molecule has 3 aromatic rings. The minimum atomic E-state index is -0.297. The van der Waals surface area contributed by atoms with Crippen LogP contribution in [0.4, 0.5) is 11.5 Å². The summed E-state index contributed by atoms with van der Waals surface area (Å²) in [5, 5.41) is 9.19. The number of aromatic nitrogens is 1. The highest BCUT2D eigenvalue weighted by Gasteiger charge is 2.19. The molecule has 2 aromatic carbocycles. The fourth-order valence-corrected chi connectivity index (χ4v) is 3.77. The first-order valence-electron chi connectivity index (χ1n) is 9.33. The van der Waals surface area contributed by atoms with E-state index in [2.05, 4.69) is 15.8 Å². The van der Waals surface area contributed by atoms with E-state index in [0.29, 0.717) is 29.2 Å². The zero-order valence-electron chi connectivity index (χ0n) is 16.6. The molecule has 0 radical (unpaired) electrons. The Kier molecular flexibility index (Phi) is 6.72. The second kappa shape index (κ2) is 9.43. The molecule has 0 spiro atoms. The van der Waals surface area contributed by atoms with E-state index in [1.54, 1.807) is 19.1 Å². The molecule has 0 fully saturated rings. The van der Waals surface area contributed by atoms with E-state index in [1.807, 2.05) is 56.3 Å². The van der Waals surface area contributed by atoms with Crippen LogP contribution < -0.4 is 10.6 Å². The van der Waals surface area contributed by atoms with Gasteiger partial charge >= 0.3 is 0 Å². The molecule has 0 aliphatic heterocycles. The van der Waals surface area contributed by atoms with Crippen molar-refractivity contribution in [2.24, 2.45) is 0 Å². The van der Waals surface area contributed by atoms with Crippen molar-refractivity contribution >= 4 is 35.1 Å². The third-order valence-electron chi connectivity index (χ3n) is 4.19. The van der Waals surface area contributed by atoms with Gasteiger partial charge in [-0.3, -0.25) is 9.59 Å². The van der Waals surface area contributed by atoms with Gasteiger partial charge in [0, 0.05) is 22.2 Å². The van der Waals surface area contributed by atoms with Crippen LogP contribution in [0.2, 0.25) is 0 Å². The highest BCUT2D eigenvalue weighted by atomic mass is 32.2. The van der Waals surface area contributed by atoms with E-state index in [-0.39, 0.29) is 17.1 Å². The number of anilines is 2. The second-order valence-corrected chi connectivity index (χ2v) is 7.95. The van der Waals surface area contributed by atoms with E-state index >= 15 is 0 Å². The van der Waals surface area contributed by atoms with Gasteiger partial charge in [-0.25, -0.2) is 0 Å². The summed E-state index contributed by atoms with van der Waals surface area (Å²) in [7, 11) is 0. The number of nitrogens with one attached hydrogen (secondary N) is 2. The van der Waals surface area contributed by atoms with Crippen LogP contribution in [0.15, 0.2) is 64.0 Å². The average Bonchev–Trinajstić information content (AvgIpc) is 3.11. The Morgan fingerprint density at radius 1 is 1.07 bits per heavy atom. The Labute approximate surface area is 174 Å². The highest BCUT2D eigenvalue weighted by Crippen LogP contribution is 2.28. The van der Waals surface area contributed by atoms with Crippen LogP contribution in [0.25, 0.3) is 0 Å². The van der Waals surface area contributed by atoms with Gasteiger partial charge in [-0.05, 0) is 50.6 Å². The zero-order chi connectivity index (χ0) is 20.8. The third-order valence-corrected chi connectivity index (χ3v) is 5.55. The quantitative estimate of drug-likeness (QED) is 0.533. The molecule has 0 bridgehead atoms. The molecule has 1 atom stereocenters. The van der Waals surface area contributed by atoms with Crippen molar-refractivity contribution in [2.75, 3.05) is 10.6 Å². The van der Waals surface area contributed by atoms with Gasteiger partial charge in [0.15, 0.2) is 5.82 Å². The van der Waals surface area contributed by atoms with Gasteiger partial charge in [-0.2, -0.15) is 0 Å². The molecule has 150 valence electrons. The lowest BCUT2D eigenvalue weighted by Crippen LogP contribution is -2.24. The summed E-state index contributed by atoms with van der Waals surface area (Å²) in [5.41, 5.74) is 2.32. The molecule has 6 nitrogen and oxygen atoms in total. The molecular weight excluding hydrogens is 386 g/mol. The number of hydrogen-bond acceptors (Lipinski definition) is 5. The fraction of sp³-hybridized carbons (Fsp3) is 0.227. The maximum absolute atomic E-state index is 12.6. The Balaban J connectivity index is 1.66. The predicted octanol–water partition coefficient (Wildman–Crippen LogP) is 5.05. The molecule has 1 unspecified atom stereocenters. The van der Waals surface area contributed by atoms with Crippen molar-refractivity contribution in [1.29, 1.82) is 0 Å². The Morgan fingerprint density at radius 2 is 1.86 bits per heavy atom. The topological polar surface area (TPSA) is 84.2 Å². The van der Waals surface area contributed by atoms with Gasteiger partial charge in [0.1, 0.15) is 5.76 Å². The van der Waals surface area contributed by atoms with Crippen LogP contribution in [-0.4, -0.2) is 22.2 Å². The zero-order valence-corrected chi connectivity index (χ0v) is 17.4. The minimum Gasteiger partial charge on any atom is -0.360 e. The number of benzene rings is 2. The Hall–Kier alpha value is -3.06. The number of hydrogen-bond donors (Lipinski definition) is 2. The SMILES string of the molecule is CCC(Sc1cccc(NC(=O)c2cccc(C)c2)c1)C(=O)Nc1cc(C)on1. The molecule has 7 heteroatoms. The Morgan fingerprint density at radius 3 is 2.55 bits per heavy atom. The summed E-state index contributed by atoms with van der Waals surface area (Å²) < 4.78 is 4.98. The first kappa shape index (κ1) is 20.7. The van der Waals surface area contributed by atoms with Crippen molar-refractivity contribution < 1.29 is 14.1 Å². The molecular formula is C22H23N3O3S. The summed E-state index contributed by atoms with van der Waals surface area (Å²) in [6.07, 6.45) is 0.646. The monoisotopic (exact) mass is 409 g/mol. The highest BCUT2D eigenvalue weighted by molar-refractivity contribution is 8.00. The summed E-state index contributed by atoms with van der Waals surface area (Å²) in [6.45, 7) is 5.67. The van der Waals surface area contributed by atoms with Gasteiger partial charge in [0.25, 0.3) is 5.91 Å². The normalized spacial score (nSPS) is 11.7. The van der Waals surface area contributed by atoms with Gasteiger partial charge < -0.3 is 15.2 Å². The van der Waals surface area contributed by atoms with Crippen molar-refractivity contribution in [3.8, 4) is 0 Å². The van der Waals surface area contributed by atoms with Crippen molar-refractivity contribution in [2.45, 2.75) is 37.3 Å². The van der Waals surface area contributed by atoms with Crippen molar-refractivity contribution in [3.05, 3.63) is 71.5 Å². The molecule has 1 heterocycles. The van der Waals surface area contributed by atoms with Crippen LogP contribution in [0, 0.1) is 13.8 Å². The summed E-state index contributed by atoms with van der Waals surface area (Å²) in [5.74, 6) is 0.741. The summed E-state index contributed by atoms with van der Waals surface area (Å²) in [6, 6.07) is 16.6. The minimum absolute atomic E-state index is 0.139. The largest absolute Gasteiger partial charge is 0.360 e. The summed E-state index contributed by atoms with van der Waals surface area (Å²) in [4.78, 5) is 25.9. The van der Waals surface area contributed by atoms with Gasteiger partial charge in [-0.15, -0.1) is 11.8 Å². The number of nitrogens with zero attached hydrogens (tertiary/aromatic N) is 1. The molecule has 3 rings (SSSR count). The van der Waals surface area contributed by atoms with Gasteiger partial charge in [0.2, 0.25) is 5.91 Å². The Bertz CT molecular complexity index is 1020. The lowest BCUT2D eigenvalue weighted by atomic mass is 10.1. The number of amides is 2. The summed E-state index contributed by atoms with van der Waals surface area (Å²) >= 11 is 1.44. The van der Waals surface area contributed by atoms with Crippen LogP contribution in [-0.2, 0) is 4.79 Å².